The van der Waals surface area contributed by atoms with Gasteiger partial charge in [0.15, 0.2) is 0 Å². The Hall–Kier alpha value is -1.73. The number of amides is 1. The van der Waals surface area contributed by atoms with Crippen molar-refractivity contribution in [3.05, 3.63) is 38.0 Å². The third kappa shape index (κ3) is 3.05. The van der Waals surface area contributed by atoms with E-state index in [2.05, 4.69) is 4.98 Å². The van der Waals surface area contributed by atoms with Crippen LogP contribution >= 0.6 is 22.7 Å². The number of piperidine rings is 1. The van der Waals surface area contributed by atoms with E-state index in [9.17, 15) is 9.59 Å². The molecule has 116 valence electrons. The monoisotopic (exact) mass is 336 g/mol. The van der Waals surface area contributed by atoms with Crippen LogP contribution in [-0.4, -0.2) is 40.0 Å². The van der Waals surface area contributed by atoms with E-state index in [0.29, 0.717) is 11.4 Å². The van der Waals surface area contributed by atoms with Gasteiger partial charge in [-0.25, -0.2) is 9.78 Å². The van der Waals surface area contributed by atoms with Crippen molar-refractivity contribution in [2.45, 2.75) is 25.7 Å². The van der Waals surface area contributed by atoms with Crippen LogP contribution in [0.25, 0.3) is 0 Å². The second-order valence-corrected chi connectivity index (χ2v) is 7.36. The minimum atomic E-state index is -0.987. The topological polar surface area (TPSA) is 70.5 Å². The van der Waals surface area contributed by atoms with Crippen LogP contribution in [0.15, 0.2) is 17.5 Å². The number of aryl methyl sites for hydroxylation is 1. The first kappa shape index (κ1) is 15.2. The third-order valence-corrected chi connectivity index (χ3v) is 5.91. The zero-order valence-electron chi connectivity index (χ0n) is 12.1. The van der Waals surface area contributed by atoms with Gasteiger partial charge in [0.05, 0.1) is 9.88 Å². The summed E-state index contributed by atoms with van der Waals surface area (Å²) in [5, 5.41) is 12.1. The molecule has 2 aromatic rings. The van der Waals surface area contributed by atoms with Gasteiger partial charge in [-0.3, -0.25) is 4.79 Å². The number of carbonyl (C=O) groups is 2. The number of carbonyl (C=O) groups excluding carboxylic acids is 1. The fraction of sp³-hybridized carbons (Fsp3) is 0.400. The normalized spacial score (nSPS) is 18.4. The first-order valence-electron chi connectivity index (χ1n) is 7.09. The van der Waals surface area contributed by atoms with E-state index in [1.165, 1.54) is 6.07 Å². The minimum absolute atomic E-state index is 0.0736. The molecule has 22 heavy (non-hydrogen) atoms. The Labute approximate surface area is 136 Å². The van der Waals surface area contributed by atoms with Gasteiger partial charge in [-0.15, -0.1) is 22.7 Å². The SMILES string of the molecule is Cc1csc([C@@H]2CCCN(C(=O)c3ccc(C(=O)O)s3)C2)n1. The van der Waals surface area contributed by atoms with Crippen LogP contribution in [0.3, 0.4) is 0 Å². The van der Waals surface area contributed by atoms with E-state index in [1.54, 1.807) is 17.4 Å². The molecule has 0 saturated carbocycles. The third-order valence-electron chi connectivity index (χ3n) is 3.72. The summed E-state index contributed by atoms with van der Waals surface area (Å²) in [6, 6.07) is 3.10. The molecule has 0 aromatic carbocycles. The van der Waals surface area contributed by atoms with Crippen molar-refractivity contribution < 1.29 is 14.7 Å². The molecule has 1 amide bonds. The lowest BCUT2D eigenvalue weighted by Crippen LogP contribution is -2.38. The van der Waals surface area contributed by atoms with Gasteiger partial charge in [-0.05, 0) is 31.9 Å². The van der Waals surface area contributed by atoms with Crippen molar-refractivity contribution in [2.24, 2.45) is 0 Å². The number of thiophene rings is 1. The molecule has 1 atom stereocenters. The second-order valence-electron chi connectivity index (χ2n) is 5.39. The smallest absolute Gasteiger partial charge is 0.345 e. The molecule has 7 heteroatoms. The number of aromatic nitrogens is 1. The van der Waals surface area contributed by atoms with Crippen molar-refractivity contribution in [1.82, 2.24) is 9.88 Å². The van der Waals surface area contributed by atoms with E-state index in [0.717, 1.165) is 41.4 Å². The molecule has 1 fully saturated rings. The molecule has 0 spiro atoms. The highest BCUT2D eigenvalue weighted by molar-refractivity contribution is 7.15. The first-order valence-corrected chi connectivity index (χ1v) is 8.78. The van der Waals surface area contributed by atoms with Gasteiger partial charge < -0.3 is 10.0 Å². The molecule has 0 aliphatic carbocycles. The van der Waals surface area contributed by atoms with Gasteiger partial charge in [0, 0.05) is 30.1 Å². The molecule has 3 heterocycles. The van der Waals surface area contributed by atoms with Gasteiger partial charge in [-0.1, -0.05) is 0 Å². The van der Waals surface area contributed by atoms with Crippen molar-refractivity contribution >= 4 is 34.6 Å². The van der Waals surface area contributed by atoms with Crippen LogP contribution in [0.4, 0.5) is 0 Å². The Morgan fingerprint density at radius 3 is 2.77 bits per heavy atom. The summed E-state index contributed by atoms with van der Waals surface area (Å²) < 4.78 is 0. The molecule has 0 bridgehead atoms. The summed E-state index contributed by atoms with van der Waals surface area (Å²) in [6.45, 7) is 3.36. The number of rotatable bonds is 3. The quantitative estimate of drug-likeness (QED) is 0.934. The number of hydrogen-bond donors (Lipinski definition) is 1. The summed E-state index contributed by atoms with van der Waals surface area (Å²) in [5.74, 6) is -0.774. The number of hydrogen-bond acceptors (Lipinski definition) is 5. The lowest BCUT2D eigenvalue weighted by Gasteiger charge is -2.31. The van der Waals surface area contributed by atoms with Crippen molar-refractivity contribution in [2.75, 3.05) is 13.1 Å². The fourth-order valence-electron chi connectivity index (χ4n) is 2.65. The molecule has 1 N–H and O–H groups in total. The standard InChI is InChI=1S/C15H16N2O3S2/c1-9-8-21-13(16-9)10-3-2-6-17(7-10)14(18)11-4-5-12(22-11)15(19)20/h4-5,8,10H,2-3,6-7H2,1H3,(H,19,20)/t10-/m1/s1. The van der Waals surface area contributed by atoms with Gasteiger partial charge in [0.25, 0.3) is 5.91 Å². The lowest BCUT2D eigenvalue weighted by molar-refractivity contribution is 0.0698. The average molecular weight is 336 g/mol. The van der Waals surface area contributed by atoms with Crippen LogP contribution < -0.4 is 0 Å². The Morgan fingerprint density at radius 2 is 2.14 bits per heavy atom. The molecule has 1 saturated heterocycles. The molecule has 1 aliphatic rings. The van der Waals surface area contributed by atoms with Crippen LogP contribution in [0.5, 0.6) is 0 Å². The fourth-order valence-corrected chi connectivity index (χ4v) is 4.38. The second kappa shape index (κ2) is 6.18. The van der Waals surface area contributed by atoms with Crippen molar-refractivity contribution in [1.29, 1.82) is 0 Å². The largest absolute Gasteiger partial charge is 0.477 e. The van der Waals surface area contributed by atoms with Crippen LogP contribution in [0.2, 0.25) is 0 Å². The minimum Gasteiger partial charge on any atom is -0.477 e. The molecular formula is C15H16N2O3S2. The average Bonchev–Trinajstić information content (AvgIpc) is 3.15. The molecule has 2 aromatic heterocycles. The summed E-state index contributed by atoms with van der Waals surface area (Å²) >= 11 is 2.69. The Kier molecular flexibility index (Phi) is 4.26. The number of thiazole rings is 1. The van der Waals surface area contributed by atoms with Crippen LogP contribution in [0, 0.1) is 6.92 Å². The summed E-state index contributed by atoms with van der Waals surface area (Å²) in [5.41, 5.74) is 1.02. The zero-order valence-corrected chi connectivity index (χ0v) is 13.7. The lowest BCUT2D eigenvalue weighted by atomic mass is 9.98. The van der Waals surface area contributed by atoms with Gasteiger partial charge >= 0.3 is 5.97 Å². The van der Waals surface area contributed by atoms with E-state index in [1.807, 2.05) is 17.2 Å². The highest BCUT2D eigenvalue weighted by Gasteiger charge is 2.28. The first-order chi connectivity index (χ1) is 10.5. The van der Waals surface area contributed by atoms with Crippen molar-refractivity contribution in [3.8, 4) is 0 Å². The summed E-state index contributed by atoms with van der Waals surface area (Å²) in [6.07, 6.45) is 1.99. The number of carboxylic acid groups (broad SMARTS) is 1. The zero-order chi connectivity index (χ0) is 15.7. The van der Waals surface area contributed by atoms with E-state index in [-0.39, 0.29) is 16.7 Å². The van der Waals surface area contributed by atoms with E-state index >= 15 is 0 Å². The number of aromatic carboxylic acids is 1. The summed E-state index contributed by atoms with van der Waals surface area (Å²) in [4.78, 5) is 30.5. The molecule has 0 unspecified atom stereocenters. The highest BCUT2D eigenvalue weighted by Crippen LogP contribution is 2.30. The predicted molar refractivity (Wildman–Crippen MR) is 86.0 cm³/mol. The van der Waals surface area contributed by atoms with Gasteiger partial charge in [-0.2, -0.15) is 0 Å². The Balaban J connectivity index is 1.73. The van der Waals surface area contributed by atoms with Gasteiger partial charge in [0.2, 0.25) is 0 Å². The van der Waals surface area contributed by atoms with Crippen molar-refractivity contribution in [3.63, 3.8) is 0 Å². The highest BCUT2D eigenvalue weighted by atomic mass is 32.1. The molecule has 3 rings (SSSR count). The molecule has 1 aliphatic heterocycles. The van der Waals surface area contributed by atoms with E-state index < -0.39 is 5.97 Å². The van der Waals surface area contributed by atoms with E-state index in [4.69, 9.17) is 5.11 Å². The summed E-state index contributed by atoms with van der Waals surface area (Å²) in [7, 11) is 0. The number of nitrogens with zero attached hydrogens (tertiary/aromatic N) is 2. The van der Waals surface area contributed by atoms with Crippen LogP contribution in [-0.2, 0) is 0 Å². The maximum absolute atomic E-state index is 12.5. The maximum Gasteiger partial charge on any atom is 0.345 e. The number of carboxylic acids is 1. The molecule has 0 radical (unpaired) electrons. The van der Waals surface area contributed by atoms with Crippen LogP contribution in [0.1, 0.15) is 48.8 Å². The Bertz CT molecular complexity index is 707. The molecular weight excluding hydrogens is 320 g/mol. The predicted octanol–water partition coefficient (Wildman–Crippen LogP) is 3.23. The number of likely N-dealkylation sites (tertiary alicyclic amines) is 1. The maximum atomic E-state index is 12.5. The van der Waals surface area contributed by atoms with Gasteiger partial charge in [0.1, 0.15) is 4.88 Å². The Morgan fingerprint density at radius 1 is 1.36 bits per heavy atom. The molecule has 5 nitrogen and oxygen atoms in total.